The number of nitrogens with one attached hydrogen (secondary N) is 1. The third kappa shape index (κ3) is 5.08. The summed E-state index contributed by atoms with van der Waals surface area (Å²) in [6.45, 7) is 1.41. The third-order valence-electron chi connectivity index (χ3n) is 3.44. The second kappa shape index (κ2) is 8.70. The Hall–Kier alpha value is -2.84. The predicted octanol–water partition coefficient (Wildman–Crippen LogP) is 4.09. The third-order valence-corrected chi connectivity index (χ3v) is 3.99. The molecule has 0 aliphatic carbocycles. The van der Waals surface area contributed by atoms with E-state index in [4.69, 9.17) is 27.9 Å². The molecule has 10 heteroatoms. The van der Waals surface area contributed by atoms with Crippen LogP contribution < -0.4 is 10.1 Å². The first kappa shape index (κ1) is 20.5. The van der Waals surface area contributed by atoms with Gasteiger partial charge in [-0.1, -0.05) is 23.2 Å². The molecule has 142 valence electrons. The number of benzene rings is 2. The average Bonchev–Trinajstić information content (AvgIpc) is 2.63. The van der Waals surface area contributed by atoms with Crippen LogP contribution in [-0.2, 0) is 9.53 Å². The fourth-order valence-corrected chi connectivity index (χ4v) is 2.53. The minimum atomic E-state index is -1.08. The van der Waals surface area contributed by atoms with Gasteiger partial charge in [0.15, 0.2) is 11.9 Å². The van der Waals surface area contributed by atoms with Crippen LogP contribution in [0.1, 0.15) is 17.3 Å². The number of hydrogen-bond donors (Lipinski definition) is 1. The lowest BCUT2D eigenvalue weighted by Gasteiger charge is -2.15. The minimum Gasteiger partial charge on any atom is -0.474 e. The van der Waals surface area contributed by atoms with Crippen molar-refractivity contribution in [2.45, 2.75) is 13.0 Å². The van der Waals surface area contributed by atoms with Crippen molar-refractivity contribution in [1.29, 1.82) is 0 Å². The Balaban J connectivity index is 2.18. The topological polar surface area (TPSA) is 108 Å². The Morgan fingerprint density at radius 2 is 1.89 bits per heavy atom. The quantitative estimate of drug-likeness (QED) is 0.434. The summed E-state index contributed by atoms with van der Waals surface area (Å²) in [4.78, 5) is 34.3. The summed E-state index contributed by atoms with van der Waals surface area (Å²) in [5.74, 6) is -1.48. The van der Waals surface area contributed by atoms with Crippen LogP contribution in [-0.4, -0.2) is 30.0 Å². The minimum absolute atomic E-state index is 0.0124. The summed E-state index contributed by atoms with van der Waals surface area (Å²) in [7, 11) is 1.16. The number of esters is 1. The Morgan fingerprint density at radius 3 is 2.48 bits per heavy atom. The number of rotatable bonds is 6. The lowest BCUT2D eigenvalue weighted by atomic mass is 10.2. The summed E-state index contributed by atoms with van der Waals surface area (Å²) in [6.07, 6.45) is -1.08. The zero-order valence-electron chi connectivity index (χ0n) is 14.2. The second-order valence-electron chi connectivity index (χ2n) is 5.30. The highest BCUT2D eigenvalue weighted by atomic mass is 35.5. The van der Waals surface area contributed by atoms with Gasteiger partial charge in [-0.2, -0.15) is 0 Å². The number of amides is 1. The zero-order chi connectivity index (χ0) is 20.1. The van der Waals surface area contributed by atoms with E-state index in [-0.39, 0.29) is 16.3 Å². The number of halogens is 2. The van der Waals surface area contributed by atoms with Crippen molar-refractivity contribution in [3.8, 4) is 5.75 Å². The van der Waals surface area contributed by atoms with Gasteiger partial charge in [0.05, 0.1) is 28.3 Å². The molecule has 0 fully saturated rings. The monoisotopic (exact) mass is 412 g/mol. The fourth-order valence-electron chi connectivity index (χ4n) is 2.07. The van der Waals surface area contributed by atoms with Crippen molar-refractivity contribution in [3.05, 3.63) is 62.1 Å². The molecule has 1 atom stereocenters. The van der Waals surface area contributed by atoms with Gasteiger partial charge in [0, 0.05) is 11.1 Å². The lowest BCUT2D eigenvalue weighted by molar-refractivity contribution is -0.386. The molecule has 0 aliphatic rings. The molecule has 2 aromatic carbocycles. The Morgan fingerprint density at radius 1 is 1.19 bits per heavy atom. The first-order valence-corrected chi connectivity index (χ1v) is 8.28. The second-order valence-corrected chi connectivity index (χ2v) is 6.15. The van der Waals surface area contributed by atoms with Crippen LogP contribution in [0.15, 0.2) is 36.4 Å². The van der Waals surface area contributed by atoms with E-state index in [0.717, 1.165) is 13.2 Å². The van der Waals surface area contributed by atoms with Crippen LogP contribution in [0.3, 0.4) is 0 Å². The SMILES string of the molecule is COC(=O)c1ccc(O[C@H](C)C(=O)Nc2ccc(Cl)cc2Cl)c([N+](=O)[O-])c1. The van der Waals surface area contributed by atoms with Crippen molar-refractivity contribution in [3.63, 3.8) is 0 Å². The molecule has 1 amide bonds. The van der Waals surface area contributed by atoms with Crippen molar-refractivity contribution >= 4 is 46.5 Å². The maximum Gasteiger partial charge on any atom is 0.338 e. The van der Waals surface area contributed by atoms with E-state index < -0.39 is 28.6 Å². The Labute approximate surface area is 164 Å². The molecule has 2 aromatic rings. The van der Waals surface area contributed by atoms with E-state index in [2.05, 4.69) is 10.1 Å². The van der Waals surface area contributed by atoms with Crippen LogP contribution >= 0.6 is 23.2 Å². The molecule has 0 aliphatic heterocycles. The van der Waals surface area contributed by atoms with E-state index in [1.54, 1.807) is 6.07 Å². The number of nitro groups is 1. The number of nitro benzene ring substituents is 1. The number of ether oxygens (including phenoxy) is 2. The maximum absolute atomic E-state index is 12.3. The molecule has 0 spiro atoms. The van der Waals surface area contributed by atoms with Crippen LogP contribution in [0.2, 0.25) is 10.0 Å². The number of methoxy groups -OCH3 is 1. The molecular weight excluding hydrogens is 399 g/mol. The van der Waals surface area contributed by atoms with Crippen molar-refractivity contribution in [1.82, 2.24) is 0 Å². The van der Waals surface area contributed by atoms with Crippen molar-refractivity contribution in [2.75, 3.05) is 12.4 Å². The van der Waals surface area contributed by atoms with Crippen LogP contribution in [0.4, 0.5) is 11.4 Å². The normalized spacial score (nSPS) is 11.4. The number of nitrogens with zero attached hydrogens (tertiary/aromatic N) is 1. The maximum atomic E-state index is 12.3. The van der Waals surface area contributed by atoms with Crippen LogP contribution in [0.5, 0.6) is 5.75 Å². The molecule has 2 rings (SSSR count). The molecule has 0 saturated heterocycles. The molecular formula is C17H14Cl2N2O6. The molecule has 1 N–H and O–H groups in total. The highest BCUT2D eigenvalue weighted by Crippen LogP contribution is 2.30. The largest absolute Gasteiger partial charge is 0.474 e. The summed E-state index contributed by atoms with van der Waals surface area (Å²) < 4.78 is 9.93. The lowest BCUT2D eigenvalue weighted by Crippen LogP contribution is -2.30. The van der Waals surface area contributed by atoms with E-state index in [9.17, 15) is 19.7 Å². The van der Waals surface area contributed by atoms with Crippen molar-refractivity contribution < 1.29 is 24.0 Å². The molecule has 0 saturated carbocycles. The molecule has 27 heavy (non-hydrogen) atoms. The van der Waals surface area contributed by atoms with Crippen LogP contribution in [0, 0.1) is 10.1 Å². The van der Waals surface area contributed by atoms with Gasteiger partial charge in [0.1, 0.15) is 0 Å². The van der Waals surface area contributed by atoms with Gasteiger partial charge in [0.2, 0.25) is 0 Å². The van der Waals surface area contributed by atoms with Crippen molar-refractivity contribution in [2.24, 2.45) is 0 Å². The van der Waals surface area contributed by atoms with Gasteiger partial charge in [-0.25, -0.2) is 4.79 Å². The first-order valence-electron chi connectivity index (χ1n) is 7.52. The molecule has 0 bridgehead atoms. The highest BCUT2D eigenvalue weighted by Gasteiger charge is 2.23. The standard InChI is InChI=1S/C17H14Cl2N2O6/c1-9(16(22)20-13-5-4-11(18)8-12(13)19)27-15-6-3-10(17(23)26-2)7-14(15)21(24)25/h3-9H,1-2H3,(H,20,22)/t9-/m1/s1. The smallest absolute Gasteiger partial charge is 0.338 e. The van der Waals surface area contributed by atoms with Gasteiger partial charge in [-0.05, 0) is 37.3 Å². The molecule has 0 radical (unpaired) electrons. The Bertz CT molecular complexity index is 903. The summed E-state index contributed by atoms with van der Waals surface area (Å²) in [5.41, 5.74) is -0.166. The highest BCUT2D eigenvalue weighted by molar-refractivity contribution is 6.36. The number of carbonyl (C=O) groups is 2. The summed E-state index contributed by atoms with van der Waals surface area (Å²) in [6, 6.07) is 8.06. The molecule has 0 unspecified atom stereocenters. The van der Waals surface area contributed by atoms with Gasteiger partial charge >= 0.3 is 11.7 Å². The number of carbonyl (C=O) groups excluding carboxylic acids is 2. The Kier molecular flexibility index (Phi) is 6.59. The average molecular weight is 413 g/mol. The van der Waals surface area contributed by atoms with E-state index in [1.165, 1.54) is 31.2 Å². The first-order chi connectivity index (χ1) is 12.7. The molecule has 0 aromatic heterocycles. The van der Waals surface area contributed by atoms with Crippen LogP contribution in [0.25, 0.3) is 0 Å². The number of hydrogen-bond acceptors (Lipinski definition) is 6. The number of anilines is 1. The molecule has 8 nitrogen and oxygen atoms in total. The fraction of sp³-hybridized carbons (Fsp3) is 0.176. The zero-order valence-corrected chi connectivity index (χ0v) is 15.7. The van der Waals surface area contributed by atoms with Gasteiger partial charge < -0.3 is 14.8 Å². The van der Waals surface area contributed by atoms with E-state index in [0.29, 0.717) is 10.7 Å². The summed E-state index contributed by atoms with van der Waals surface area (Å²) >= 11 is 11.8. The van der Waals surface area contributed by atoms with Gasteiger partial charge in [0.25, 0.3) is 5.91 Å². The van der Waals surface area contributed by atoms with Gasteiger partial charge in [-0.3, -0.25) is 14.9 Å². The van der Waals surface area contributed by atoms with Gasteiger partial charge in [-0.15, -0.1) is 0 Å². The van der Waals surface area contributed by atoms with E-state index >= 15 is 0 Å². The summed E-state index contributed by atoms with van der Waals surface area (Å²) in [5, 5.41) is 14.4. The molecule has 0 heterocycles. The predicted molar refractivity (Wildman–Crippen MR) is 99.6 cm³/mol. The van der Waals surface area contributed by atoms with E-state index in [1.807, 2.05) is 0 Å².